The highest BCUT2D eigenvalue weighted by Gasteiger charge is 2.31. The smallest absolute Gasteiger partial charge is 0.0511 e. The first-order valence-electron chi connectivity index (χ1n) is 6.61. The minimum Gasteiger partial charge on any atom is -0.384 e. The van der Waals surface area contributed by atoms with Crippen LogP contribution in [-0.2, 0) is 4.74 Å². The zero-order chi connectivity index (χ0) is 13.0. The third-order valence-corrected chi connectivity index (χ3v) is 3.64. The number of rotatable bonds is 5. The van der Waals surface area contributed by atoms with Crippen molar-refractivity contribution in [2.75, 3.05) is 26.8 Å². The van der Waals surface area contributed by atoms with Crippen LogP contribution in [0.15, 0.2) is 24.5 Å². The highest BCUT2D eigenvalue weighted by Crippen LogP contribution is 2.29. The molecule has 0 radical (unpaired) electrons. The molecule has 2 rings (SSSR count). The molecule has 4 nitrogen and oxygen atoms in total. The van der Waals surface area contributed by atoms with Gasteiger partial charge in [-0.1, -0.05) is 6.07 Å². The Morgan fingerprint density at radius 1 is 1.61 bits per heavy atom. The maximum absolute atomic E-state index is 6.17. The third kappa shape index (κ3) is 3.07. The second-order valence-electron chi connectivity index (χ2n) is 5.20. The van der Waals surface area contributed by atoms with E-state index in [0.29, 0.717) is 5.92 Å². The average molecular weight is 249 g/mol. The maximum atomic E-state index is 6.17. The molecule has 4 heteroatoms. The summed E-state index contributed by atoms with van der Waals surface area (Å²) in [5.41, 5.74) is 7.38. The number of aromatic nitrogens is 1. The maximum Gasteiger partial charge on any atom is 0.0511 e. The van der Waals surface area contributed by atoms with E-state index < -0.39 is 0 Å². The van der Waals surface area contributed by atoms with E-state index in [1.165, 1.54) is 12.0 Å². The van der Waals surface area contributed by atoms with Gasteiger partial charge in [0.25, 0.3) is 0 Å². The molecule has 1 aliphatic heterocycles. The molecule has 0 bridgehead atoms. The van der Waals surface area contributed by atoms with Gasteiger partial charge in [0.2, 0.25) is 0 Å². The summed E-state index contributed by atoms with van der Waals surface area (Å²) in [7, 11) is 1.77. The van der Waals surface area contributed by atoms with Crippen LogP contribution in [0, 0.1) is 5.92 Å². The van der Waals surface area contributed by atoms with Crippen LogP contribution < -0.4 is 5.73 Å². The molecule has 0 aliphatic carbocycles. The summed E-state index contributed by atoms with van der Waals surface area (Å²) in [6.07, 6.45) is 4.93. The Labute approximate surface area is 109 Å². The van der Waals surface area contributed by atoms with Gasteiger partial charge >= 0.3 is 0 Å². The van der Waals surface area contributed by atoms with Gasteiger partial charge < -0.3 is 10.5 Å². The first-order valence-corrected chi connectivity index (χ1v) is 6.61. The van der Waals surface area contributed by atoms with Crippen molar-refractivity contribution in [2.24, 2.45) is 11.7 Å². The molecule has 1 aliphatic rings. The van der Waals surface area contributed by atoms with E-state index in [1.807, 2.05) is 12.3 Å². The summed E-state index contributed by atoms with van der Waals surface area (Å²) < 4.78 is 5.25. The Kier molecular flexibility index (Phi) is 4.69. The summed E-state index contributed by atoms with van der Waals surface area (Å²) in [6, 6.07) is 4.47. The van der Waals surface area contributed by atoms with Gasteiger partial charge in [-0.25, -0.2) is 0 Å². The standard InChI is InChI=1S/C14H23N3O/c1-11(15)14(13-4-3-6-16-8-13)17-7-5-12(9-17)10-18-2/h3-4,6,8,11-12,14H,5,7,9-10,15H2,1-2H3. The molecule has 100 valence electrons. The predicted molar refractivity (Wildman–Crippen MR) is 72.2 cm³/mol. The van der Waals surface area contributed by atoms with E-state index in [1.54, 1.807) is 13.3 Å². The lowest BCUT2D eigenvalue weighted by atomic mass is 10.0. The SMILES string of the molecule is COCC1CCN(C(c2cccnc2)C(C)N)C1. The minimum atomic E-state index is 0.107. The van der Waals surface area contributed by atoms with Gasteiger partial charge in [-0.15, -0.1) is 0 Å². The Morgan fingerprint density at radius 3 is 3.06 bits per heavy atom. The normalized spacial score (nSPS) is 24.1. The van der Waals surface area contributed by atoms with Crippen molar-refractivity contribution in [3.05, 3.63) is 30.1 Å². The van der Waals surface area contributed by atoms with Gasteiger partial charge in [0, 0.05) is 32.1 Å². The lowest BCUT2D eigenvalue weighted by Crippen LogP contribution is -2.38. The summed E-state index contributed by atoms with van der Waals surface area (Å²) >= 11 is 0. The largest absolute Gasteiger partial charge is 0.384 e. The summed E-state index contributed by atoms with van der Waals surface area (Å²) in [5, 5.41) is 0. The number of ether oxygens (including phenoxy) is 1. The van der Waals surface area contributed by atoms with Gasteiger partial charge in [-0.3, -0.25) is 9.88 Å². The molecule has 1 fully saturated rings. The third-order valence-electron chi connectivity index (χ3n) is 3.64. The molecule has 1 saturated heterocycles. The first-order chi connectivity index (χ1) is 8.72. The van der Waals surface area contributed by atoms with Crippen molar-refractivity contribution in [1.29, 1.82) is 0 Å². The number of methoxy groups -OCH3 is 1. The molecule has 0 aromatic carbocycles. The Balaban J connectivity index is 2.08. The molecule has 0 amide bonds. The molecule has 1 aromatic rings. The zero-order valence-electron chi connectivity index (χ0n) is 11.2. The first kappa shape index (κ1) is 13.5. The molecule has 2 heterocycles. The van der Waals surface area contributed by atoms with Crippen molar-refractivity contribution in [2.45, 2.75) is 25.4 Å². The Bertz CT molecular complexity index is 355. The molecule has 0 spiro atoms. The van der Waals surface area contributed by atoms with Crippen molar-refractivity contribution < 1.29 is 4.74 Å². The van der Waals surface area contributed by atoms with Crippen LogP contribution in [0.2, 0.25) is 0 Å². The molecule has 1 aromatic heterocycles. The van der Waals surface area contributed by atoms with Crippen molar-refractivity contribution in [3.8, 4) is 0 Å². The molecular formula is C14H23N3O. The van der Waals surface area contributed by atoms with E-state index in [0.717, 1.165) is 19.7 Å². The average Bonchev–Trinajstić information content (AvgIpc) is 2.79. The van der Waals surface area contributed by atoms with E-state index in [-0.39, 0.29) is 12.1 Å². The lowest BCUT2D eigenvalue weighted by Gasteiger charge is -2.31. The van der Waals surface area contributed by atoms with Crippen molar-refractivity contribution in [3.63, 3.8) is 0 Å². The van der Waals surface area contributed by atoms with Crippen LogP contribution in [0.3, 0.4) is 0 Å². The second-order valence-corrected chi connectivity index (χ2v) is 5.20. The van der Waals surface area contributed by atoms with E-state index in [2.05, 4.69) is 22.9 Å². The van der Waals surface area contributed by atoms with Gasteiger partial charge in [0.1, 0.15) is 0 Å². The number of likely N-dealkylation sites (tertiary alicyclic amines) is 1. The topological polar surface area (TPSA) is 51.4 Å². The monoisotopic (exact) mass is 249 g/mol. The lowest BCUT2D eigenvalue weighted by molar-refractivity contribution is 0.143. The van der Waals surface area contributed by atoms with Crippen molar-refractivity contribution in [1.82, 2.24) is 9.88 Å². The van der Waals surface area contributed by atoms with Crippen LogP contribution in [0.1, 0.15) is 24.9 Å². The highest BCUT2D eigenvalue weighted by atomic mass is 16.5. The molecule has 3 atom stereocenters. The predicted octanol–water partition coefficient (Wildman–Crippen LogP) is 1.44. The zero-order valence-corrected chi connectivity index (χ0v) is 11.2. The molecule has 0 saturated carbocycles. The minimum absolute atomic E-state index is 0.107. The van der Waals surface area contributed by atoms with Crippen LogP contribution in [0.25, 0.3) is 0 Å². The number of hydrogen-bond acceptors (Lipinski definition) is 4. The van der Waals surface area contributed by atoms with Crippen LogP contribution in [0.5, 0.6) is 0 Å². The number of nitrogens with zero attached hydrogens (tertiary/aromatic N) is 2. The van der Waals surface area contributed by atoms with Crippen LogP contribution in [-0.4, -0.2) is 42.7 Å². The van der Waals surface area contributed by atoms with Crippen molar-refractivity contribution >= 4 is 0 Å². The quantitative estimate of drug-likeness (QED) is 0.858. The van der Waals surface area contributed by atoms with Gasteiger partial charge in [0.15, 0.2) is 0 Å². The van der Waals surface area contributed by atoms with Crippen LogP contribution in [0.4, 0.5) is 0 Å². The fraction of sp³-hybridized carbons (Fsp3) is 0.643. The van der Waals surface area contributed by atoms with Gasteiger partial charge in [0.05, 0.1) is 12.6 Å². The number of nitrogens with two attached hydrogens (primary N) is 1. The fourth-order valence-corrected chi connectivity index (χ4v) is 2.88. The fourth-order valence-electron chi connectivity index (χ4n) is 2.88. The summed E-state index contributed by atoms with van der Waals surface area (Å²) in [6.45, 7) is 5.07. The van der Waals surface area contributed by atoms with Crippen LogP contribution >= 0.6 is 0 Å². The van der Waals surface area contributed by atoms with E-state index in [9.17, 15) is 0 Å². The molecule has 18 heavy (non-hydrogen) atoms. The second kappa shape index (κ2) is 6.27. The summed E-state index contributed by atoms with van der Waals surface area (Å²) in [5.74, 6) is 0.632. The molecule has 2 N–H and O–H groups in total. The Hall–Kier alpha value is -0.970. The van der Waals surface area contributed by atoms with Gasteiger partial charge in [-0.05, 0) is 37.4 Å². The molecular weight excluding hydrogens is 226 g/mol. The summed E-state index contributed by atoms with van der Waals surface area (Å²) in [4.78, 5) is 6.67. The Morgan fingerprint density at radius 2 is 2.44 bits per heavy atom. The van der Waals surface area contributed by atoms with E-state index >= 15 is 0 Å². The highest BCUT2D eigenvalue weighted by molar-refractivity contribution is 5.16. The number of pyridine rings is 1. The van der Waals surface area contributed by atoms with E-state index in [4.69, 9.17) is 10.5 Å². The van der Waals surface area contributed by atoms with Gasteiger partial charge in [-0.2, -0.15) is 0 Å². The number of hydrogen-bond donors (Lipinski definition) is 1. The molecule has 3 unspecified atom stereocenters.